The molecular formula is C19H30N2O4S. The Kier molecular flexibility index (Phi) is 7.61. The van der Waals surface area contributed by atoms with Gasteiger partial charge in [-0.1, -0.05) is 12.5 Å². The molecule has 146 valence electrons. The average Bonchev–Trinajstić information content (AvgIpc) is 2.61. The van der Waals surface area contributed by atoms with Gasteiger partial charge in [-0.3, -0.25) is 4.79 Å². The molecule has 1 aromatic rings. The molecule has 0 bridgehead atoms. The Bertz CT molecular complexity index is 718. The van der Waals surface area contributed by atoms with E-state index < -0.39 is 10.0 Å². The Hall–Kier alpha value is -1.44. The van der Waals surface area contributed by atoms with E-state index in [1.807, 2.05) is 20.8 Å². The van der Waals surface area contributed by atoms with Crippen LogP contribution in [0.2, 0.25) is 0 Å². The Labute approximate surface area is 157 Å². The van der Waals surface area contributed by atoms with E-state index >= 15 is 0 Å². The summed E-state index contributed by atoms with van der Waals surface area (Å²) in [6.07, 6.45) is 3.53. The average molecular weight is 383 g/mol. The number of carbonyl (C=O) groups excluding carboxylic acids is 1. The van der Waals surface area contributed by atoms with Crippen molar-refractivity contribution in [2.24, 2.45) is 0 Å². The fraction of sp³-hybridized carbons (Fsp3) is 0.632. The summed E-state index contributed by atoms with van der Waals surface area (Å²) < 4.78 is 32.8. The van der Waals surface area contributed by atoms with Crippen molar-refractivity contribution in [2.75, 3.05) is 26.3 Å². The highest BCUT2D eigenvalue weighted by atomic mass is 32.2. The minimum absolute atomic E-state index is 0.00843. The highest BCUT2D eigenvalue weighted by Crippen LogP contribution is 2.26. The zero-order valence-corrected chi connectivity index (χ0v) is 16.8. The predicted molar refractivity (Wildman–Crippen MR) is 102 cm³/mol. The molecule has 0 radical (unpaired) electrons. The first-order chi connectivity index (χ1) is 12.4. The lowest BCUT2D eigenvalue weighted by Gasteiger charge is -2.32. The number of aryl methyl sites for hydroxylation is 1. The van der Waals surface area contributed by atoms with Gasteiger partial charge in [0.2, 0.25) is 10.0 Å². The van der Waals surface area contributed by atoms with E-state index in [1.165, 1.54) is 6.07 Å². The molecule has 7 heteroatoms. The maximum absolute atomic E-state index is 13.0. The largest absolute Gasteiger partial charge is 0.382 e. The number of hydrogen-bond acceptors (Lipinski definition) is 4. The van der Waals surface area contributed by atoms with Crippen molar-refractivity contribution >= 4 is 15.9 Å². The van der Waals surface area contributed by atoms with E-state index in [2.05, 4.69) is 5.32 Å². The molecule has 0 aromatic heterocycles. The second kappa shape index (κ2) is 9.48. The van der Waals surface area contributed by atoms with Crippen LogP contribution in [-0.4, -0.2) is 51.0 Å². The third-order valence-electron chi connectivity index (χ3n) is 4.76. The SMILES string of the molecule is CCOCCCNC(=O)c1cc(S(=O)(=O)N2CCCCC2C)ccc1C. The number of piperidine rings is 1. The summed E-state index contributed by atoms with van der Waals surface area (Å²) in [5, 5.41) is 2.84. The molecule has 0 spiro atoms. The maximum Gasteiger partial charge on any atom is 0.251 e. The van der Waals surface area contributed by atoms with Gasteiger partial charge in [-0.25, -0.2) is 8.42 Å². The van der Waals surface area contributed by atoms with E-state index in [0.29, 0.717) is 31.9 Å². The first-order valence-electron chi connectivity index (χ1n) is 9.36. The van der Waals surface area contributed by atoms with Crippen molar-refractivity contribution in [3.63, 3.8) is 0 Å². The van der Waals surface area contributed by atoms with Crippen LogP contribution in [0.25, 0.3) is 0 Å². The quantitative estimate of drug-likeness (QED) is 0.702. The molecule has 6 nitrogen and oxygen atoms in total. The van der Waals surface area contributed by atoms with Gasteiger partial charge in [-0.05, 0) is 57.7 Å². The lowest BCUT2D eigenvalue weighted by Crippen LogP contribution is -2.42. The molecule has 1 aromatic carbocycles. The first-order valence-corrected chi connectivity index (χ1v) is 10.8. The van der Waals surface area contributed by atoms with Gasteiger partial charge >= 0.3 is 0 Å². The van der Waals surface area contributed by atoms with Gasteiger partial charge in [0.05, 0.1) is 4.90 Å². The molecule has 26 heavy (non-hydrogen) atoms. The molecule has 1 atom stereocenters. The van der Waals surface area contributed by atoms with Crippen LogP contribution in [0.5, 0.6) is 0 Å². The summed E-state index contributed by atoms with van der Waals surface area (Å²) in [7, 11) is -3.58. The maximum atomic E-state index is 13.0. The monoisotopic (exact) mass is 382 g/mol. The van der Waals surface area contributed by atoms with Crippen LogP contribution >= 0.6 is 0 Å². The summed E-state index contributed by atoms with van der Waals surface area (Å²) in [5.41, 5.74) is 1.17. The minimum atomic E-state index is -3.58. The number of amides is 1. The third kappa shape index (κ3) is 5.05. The van der Waals surface area contributed by atoms with Crippen molar-refractivity contribution < 1.29 is 17.9 Å². The summed E-state index contributed by atoms with van der Waals surface area (Å²) in [4.78, 5) is 12.6. The van der Waals surface area contributed by atoms with Gasteiger partial charge in [-0.2, -0.15) is 4.31 Å². The standard InChI is InChI=1S/C19H30N2O4S/c1-4-25-13-7-11-20-19(22)18-14-17(10-9-15(18)2)26(23,24)21-12-6-5-8-16(21)3/h9-10,14,16H,4-8,11-13H2,1-3H3,(H,20,22). The van der Waals surface area contributed by atoms with E-state index in [1.54, 1.807) is 16.4 Å². The Morgan fingerprint density at radius 2 is 2.12 bits per heavy atom. The second-order valence-electron chi connectivity index (χ2n) is 6.74. The van der Waals surface area contributed by atoms with E-state index in [9.17, 15) is 13.2 Å². The van der Waals surface area contributed by atoms with Gasteiger partial charge in [0.25, 0.3) is 5.91 Å². The zero-order chi connectivity index (χ0) is 19.2. The van der Waals surface area contributed by atoms with Crippen LogP contribution in [-0.2, 0) is 14.8 Å². The van der Waals surface area contributed by atoms with Crippen molar-refractivity contribution in [2.45, 2.75) is 57.4 Å². The normalized spacial score (nSPS) is 18.7. The van der Waals surface area contributed by atoms with Crippen molar-refractivity contribution in [1.29, 1.82) is 0 Å². The highest BCUT2D eigenvalue weighted by molar-refractivity contribution is 7.89. The van der Waals surface area contributed by atoms with E-state index in [0.717, 1.165) is 31.2 Å². The van der Waals surface area contributed by atoms with Crippen LogP contribution < -0.4 is 5.32 Å². The van der Waals surface area contributed by atoms with Crippen molar-refractivity contribution in [3.8, 4) is 0 Å². The molecule has 1 fully saturated rings. The molecule has 1 amide bonds. The fourth-order valence-electron chi connectivity index (χ4n) is 3.19. The Morgan fingerprint density at radius 1 is 1.35 bits per heavy atom. The number of sulfonamides is 1. The summed E-state index contributed by atoms with van der Waals surface area (Å²) in [6.45, 7) is 7.97. The van der Waals surface area contributed by atoms with Crippen LogP contribution in [0, 0.1) is 6.92 Å². The van der Waals surface area contributed by atoms with E-state index in [4.69, 9.17) is 4.74 Å². The third-order valence-corrected chi connectivity index (χ3v) is 6.77. The molecule has 1 aliphatic heterocycles. The summed E-state index contributed by atoms with van der Waals surface area (Å²) in [6, 6.07) is 4.80. The number of ether oxygens (including phenoxy) is 1. The van der Waals surface area contributed by atoms with Crippen LogP contribution in [0.3, 0.4) is 0 Å². The van der Waals surface area contributed by atoms with Crippen molar-refractivity contribution in [3.05, 3.63) is 29.3 Å². The molecule has 1 saturated heterocycles. The molecule has 1 N–H and O–H groups in total. The molecular weight excluding hydrogens is 352 g/mol. The number of hydrogen-bond donors (Lipinski definition) is 1. The smallest absolute Gasteiger partial charge is 0.251 e. The molecule has 2 rings (SSSR count). The number of carbonyl (C=O) groups is 1. The lowest BCUT2D eigenvalue weighted by atomic mass is 10.1. The predicted octanol–water partition coefficient (Wildman–Crippen LogP) is 2.71. The van der Waals surface area contributed by atoms with Gasteiger partial charge in [0.15, 0.2) is 0 Å². The highest BCUT2D eigenvalue weighted by Gasteiger charge is 2.31. The first kappa shape index (κ1) is 20.9. The van der Waals surface area contributed by atoms with Crippen LogP contribution in [0.1, 0.15) is 55.5 Å². The van der Waals surface area contributed by atoms with Crippen LogP contribution in [0.4, 0.5) is 0 Å². The number of nitrogens with zero attached hydrogens (tertiary/aromatic N) is 1. The second-order valence-corrected chi connectivity index (χ2v) is 8.63. The Balaban J connectivity index is 2.14. The summed E-state index contributed by atoms with van der Waals surface area (Å²) >= 11 is 0. The molecule has 0 saturated carbocycles. The van der Waals surface area contributed by atoms with Gasteiger partial charge in [0, 0.05) is 37.9 Å². The van der Waals surface area contributed by atoms with Gasteiger partial charge < -0.3 is 10.1 Å². The fourth-order valence-corrected chi connectivity index (χ4v) is 4.91. The molecule has 0 aliphatic carbocycles. The topological polar surface area (TPSA) is 75.7 Å². The van der Waals surface area contributed by atoms with E-state index in [-0.39, 0.29) is 16.8 Å². The zero-order valence-electron chi connectivity index (χ0n) is 16.0. The number of benzene rings is 1. The van der Waals surface area contributed by atoms with Gasteiger partial charge in [0.1, 0.15) is 0 Å². The van der Waals surface area contributed by atoms with Gasteiger partial charge in [-0.15, -0.1) is 0 Å². The summed E-state index contributed by atoms with van der Waals surface area (Å²) in [5.74, 6) is -0.247. The number of nitrogens with one attached hydrogen (secondary N) is 1. The van der Waals surface area contributed by atoms with Crippen LogP contribution in [0.15, 0.2) is 23.1 Å². The molecule has 1 heterocycles. The molecule has 1 aliphatic rings. The lowest BCUT2D eigenvalue weighted by molar-refractivity contribution is 0.0943. The Morgan fingerprint density at radius 3 is 2.81 bits per heavy atom. The molecule has 1 unspecified atom stereocenters. The number of rotatable bonds is 8. The minimum Gasteiger partial charge on any atom is -0.382 e. The van der Waals surface area contributed by atoms with Crippen molar-refractivity contribution in [1.82, 2.24) is 9.62 Å².